The van der Waals surface area contributed by atoms with Gasteiger partial charge in [-0.3, -0.25) is 0 Å². The number of unbranched alkanes of at least 4 members (excludes halogenated alkanes) is 2. The average Bonchev–Trinajstić information content (AvgIpc) is 2.41. The Labute approximate surface area is 111 Å². The van der Waals surface area contributed by atoms with Gasteiger partial charge in [-0.15, -0.1) is 0 Å². The molecule has 0 spiro atoms. The van der Waals surface area contributed by atoms with Gasteiger partial charge < -0.3 is 4.79 Å². The summed E-state index contributed by atoms with van der Waals surface area (Å²) in [6.45, 7) is 2.25. The fourth-order valence-corrected chi connectivity index (χ4v) is 3.33. The van der Waals surface area contributed by atoms with Gasteiger partial charge in [-0.2, -0.15) is 0 Å². The summed E-state index contributed by atoms with van der Waals surface area (Å²) in [5.41, 5.74) is 3.04. The van der Waals surface area contributed by atoms with E-state index in [1.54, 1.807) is 0 Å². The van der Waals surface area contributed by atoms with Gasteiger partial charge in [-0.1, -0.05) is 50.5 Å². The Morgan fingerprint density at radius 3 is 2.89 bits per heavy atom. The molecule has 2 rings (SSSR count). The van der Waals surface area contributed by atoms with Crippen LogP contribution in [-0.2, 0) is 11.2 Å². The lowest BCUT2D eigenvalue weighted by Gasteiger charge is -2.33. The normalized spacial score (nSPS) is 22.5. The summed E-state index contributed by atoms with van der Waals surface area (Å²) in [6, 6.07) is 8.83. The van der Waals surface area contributed by atoms with Gasteiger partial charge in [0, 0.05) is 6.42 Å². The van der Waals surface area contributed by atoms with Crippen LogP contribution in [-0.4, -0.2) is 6.29 Å². The molecule has 18 heavy (non-hydrogen) atoms. The van der Waals surface area contributed by atoms with Crippen molar-refractivity contribution in [2.75, 3.05) is 0 Å². The van der Waals surface area contributed by atoms with Crippen molar-refractivity contribution in [1.29, 1.82) is 0 Å². The molecule has 1 aliphatic rings. The van der Waals surface area contributed by atoms with Gasteiger partial charge in [0.1, 0.15) is 6.29 Å². The molecule has 0 heterocycles. The zero-order valence-electron chi connectivity index (χ0n) is 11.4. The van der Waals surface area contributed by atoms with Crippen LogP contribution in [0.5, 0.6) is 0 Å². The molecule has 0 saturated carbocycles. The second kappa shape index (κ2) is 6.72. The van der Waals surface area contributed by atoms with Crippen LogP contribution in [0.25, 0.3) is 0 Å². The quantitative estimate of drug-likeness (QED) is 0.532. The second-order valence-corrected chi connectivity index (χ2v) is 5.50. The molecule has 1 aromatic rings. The first kappa shape index (κ1) is 13.3. The summed E-state index contributed by atoms with van der Waals surface area (Å²) in [5, 5.41) is 0. The van der Waals surface area contributed by atoms with E-state index in [-0.39, 0.29) is 0 Å². The second-order valence-electron chi connectivity index (χ2n) is 5.50. The van der Waals surface area contributed by atoms with E-state index < -0.39 is 0 Å². The molecule has 1 nitrogen and oxygen atoms in total. The minimum absolute atomic E-state index is 0.578. The van der Waals surface area contributed by atoms with Crippen LogP contribution in [0.15, 0.2) is 24.3 Å². The Bertz CT molecular complexity index is 383. The smallest absolute Gasteiger partial charge is 0.120 e. The lowest BCUT2D eigenvalue weighted by Crippen LogP contribution is -2.21. The molecular weight excluding hydrogens is 220 g/mol. The molecule has 1 aliphatic carbocycles. The summed E-state index contributed by atoms with van der Waals surface area (Å²) in [5.74, 6) is 1.20. The van der Waals surface area contributed by atoms with Crippen molar-refractivity contribution < 1.29 is 4.79 Å². The summed E-state index contributed by atoms with van der Waals surface area (Å²) >= 11 is 0. The monoisotopic (exact) mass is 244 g/mol. The fraction of sp³-hybridized carbons (Fsp3) is 0.588. The number of benzene rings is 1. The maximum absolute atomic E-state index is 10.9. The summed E-state index contributed by atoms with van der Waals surface area (Å²) < 4.78 is 0. The number of hydrogen-bond acceptors (Lipinski definition) is 1. The van der Waals surface area contributed by atoms with Crippen LogP contribution < -0.4 is 0 Å². The van der Waals surface area contributed by atoms with Gasteiger partial charge in [0.05, 0.1) is 0 Å². The predicted molar refractivity (Wildman–Crippen MR) is 75.8 cm³/mol. The third-order valence-electron chi connectivity index (χ3n) is 4.33. The zero-order chi connectivity index (χ0) is 12.8. The fourth-order valence-electron chi connectivity index (χ4n) is 3.33. The number of carbonyl (C=O) groups excluding carboxylic acids is 1. The Hall–Kier alpha value is -1.11. The van der Waals surface area contributed by atoms with Crippen molar-refractivity contribution in [1.82, 2.24) is 0 Å². The molecule has 0 radical (unpaired) electrons. The molecule has 0 unspecified atom stereocenters. The van der Waals surface area contributed by atoms with Crippen LogP contribution >= 0.6 is 0 Å². The van der Waals surface area contributed by atoms with E-state index >= 15 is 0 Å². The van der Waals surface area contributed by atoms with Crippen molar-refractivity contribution >= 4 is 6.29 Å². The van der Waals surface area contributed by atoms with Crippen molar-refractivity contribution in [3.05, 3.63) is 35.4 Å². The Morgan fingerprint density at radius 2 is 2.11 bits per heavy atom. The van der Waals surface area contributed by atoms with Gasteiger partial charge in [-0.25, -0.2) is 0 Å². The molecule has 0 aliphatic heterocycles. The summed E-state index contributed by atoms with van der Waals surface area (Å²) in [7, 11) is 0. The Morgan fingerprint density at radius 1 is 1.28 bits per heavy atom. The number of fused-ring (bicyclic) bond motifs is 1. The van der Waals surface area contributed by atoms with Crippen LogP contribution in [0.3, 0.4) is 0 Å². The highest BCUT2D eigenvalue weighted by Crippen LogP contribution is 2.40. The first-order valence-corrected chi connectivity index (χ1v) is 7.38. The Balaban J connectivity index is 2.14. The molecule has 0 saturated heterocycles. The maximum Gasteiger partial charge on any atom is 0.120 e. The van der Waals surface area contributed by atoms with Crippen molar-refractivity contribution in [2.45, 2.75) is 57.8 Å². The number of hydrogen-bond donors (Lipinski definition) is 0. The van der Waals surface area contributed by atoms with E-state index in [0.717, 1.165) is 19.1 Å². The van der Waals surface area contributed by atoms with E-state index in [0.29, 0.717) is 11.8 Å². The van der Waals surface area contributed by atoms with Crippen molar-refractivity contribution in [3.8, 4) is 0 Å². The highest BCUT2D eigenvalue weighted by molar-refractivity contribution is 5.50. The van der Waals surface area contributed by atoms with Crippen LogP contribution in [0.2, 0.25) is 0 Å². The third-order valence-corrected chi connectivity index (χ3v) is 4.33. The Kier molecular flexibility index (Phi) is 4.98. The molecule has 0 amide bonds. The third kappa shape index (κ3) is 3.01. The van der Waals surface area contributed by atoms with E-state index in [1.165, 1.54) is 43.2 Å². The molecule has 0 N–H and O–H groups in total. The molecule has 2 atom stereocenters. The minimum Gasteiger partial charge on any atom is -0.303 e. The van der Waals surface area contributed by atoms with Gasteiger partial charge in [0.25, 0.3) is 0 Å². The summed E-state index contributed by atoms with van der Waals surface area (Å²) in [6.07, 6.45) is 9.33. The molecule has 98 valence electrons. The average molecular weight is 244 g/mol. The van der Waals surface area contributed by atoms with Crippen molar-refractivity contribution in [3.63, 3.8) is 0 Å². The predicted octanol–water partition coefficient (Wildman–Crippen LogP) is 4.50. The van der Waals surface area contributed by atoms with E-state index in [1.807, 2.05) is 0 Å². The van der Waals surface area contributed by atoms with E-state index in [4.69, 9.17) is 0 Å². The van der Waals surface area contributed by atoms with Crippen LogP contribution in [0, 0.1) is 5.92 Å². The van der Waals surface area contributed by atoms with Gasteiger partial charge in [0.2, 0.25) is 0 Å². The van der Waals surface area contributed by atoms with E-state index in [2.05, 4.69) is 31.2 Å². The molecule has 0 aromatic heterocycles. The lowest BCUT2D eigenvalue weighted by atomic mass is 9.72. The molecular formula is C17H24O. The molecule has 0 fully saturated rings. The molecule has 0 bridgehead atoms. The molecule has 1 heteroatoms. The SMILES string of the molecule is CCCCC[C@@H]1c2ccccc2CC[C@H]1CC=O. The van der Waals surface area contributed by atoms with Gasteiger partial charge in [-0.05, 0) is 42.2 Å². The van der Waals surface area contributed by atoms with Gasteiger partial charge in [0.15, 0.2) is 0 Å². The van der Waals surface area contributed by atoms with Crippen LogP contribution in [0.1, 0.15) is 62.5 Å². The zero-order valence-corrected chi connectivity index (χ0v) is 11.4. The summed E-state index contributed by atoms with van der Waals surface area (Å²) in [4.78, 5) is 10.9. The first-order chi connectivity index (χ1) is 8.86. The highest BCUT2D eigenvalue weighted by atomic mass is 16.1. The maximum atomic E-state index is 10.9. The lowest BCUT2D eigenvalue weighted by molar-refractivity contribution is -0.108. The minimum atomic E-state index is 0.578. The highest BCUT2D eigenvalue weighted by Gasteiger charge is 2.28. The topological polar surface area (TPSA) is 17.1 Å². The molecule has 1 aromatic carbocycles. The van der Waals surface area contributed by atoms with Crippen LogP contribution in [0.4, 0.5) is 0 Å². The number of aryl methyl sites for hydroxylation is 1. The number of rotatable bonds is 6. The largest absolute Gasteiger partial charge is 0.303 e. The van der Waals surface area contributed by atoms with Crippen molar-refractivity contribution in [2.24, 2.45) is 5.92 Å². The number of carbonyl (C=O) groups is 1. The standard InChI is InChI=1S/C17H24O/c1-2-3-4-8-17-15(12-13-18)11-10-14-7-5-6-9-16(14)17/h5-7,9,13,15,17H,2-4,8,10-12H2,1H3/t15-,17-/m0/s1. The van der Waals surface area contributed by atoms with E-state index in [9.17, 15) is 4.79 Å². The first-order valence-electron chi connectivity index (χ1n) is 7.38. The number of aldehydes is 1. The van der Waals surface area contributed by atoms with Gasteiger partial charge >= 0.3 is 0 Å².